The minimum absolute atomic E-state index is 0.314. The average molecular weight is 249 g/mol. The highest BCUT2D eigenvalue weighted by molar-refractivity contribution is 5.88. The summed E-state index contributed by atoms with van der Waals surface area (Å²) >= 11 is 0. The molecule has 1 unspecified atom stereocenters. The Balaban J connectivity index is 1.78. The maximum atomic E-state index is 10.8. The Morgan fingerprint density at radius 1 is 1.44 bits per heavy atom. The van der Waals surface area contributed by atoms with Crippen LogP contribution in [0.15, 0.2) is 24.3 Å². The number of hydrogen-bond acceptors (Lipinski definition) is 3. The average Bonchev–Trinajstić information content (AvgIpc) is 2.40. The number of carboxylic acids is 1. The Morgan fingerprint density at radius 2 is 2.33 bits per heavy atom. The zero-order valence-corrected chi connectivity index (χ0v) is 10.4. The van der Waals surface area contributed by atoms with Gasteiger partial charge in [0.1, 0.15) is 0 Å². The number of aromatic carboxylic acids is 1. The summed E-state index contributed by atoms with van der Waals surface area (Å²) in [5.41, 5.74) is 1.17. The van der Waals surface area contributed by atoms with Crippen LogP contribution < -0.4 is 5.32 Å². The van der Waals surface area contributed by atoms with Crippen molar-refractivity contribution in [2.24, 2.45) is 0 Å². The Labute approximate surface area is 107 Å². The normalized spacial score (nSPS) is 19.4. The molecule has 0 radical (unpaired) electrons. The monoisotopic (exact) mass is 249 g/mol. The summed E-state index contributed by atoms with van der Waals surface area (Å²) < 4.78 is 5.64. The molecule has 1 saturated heterocycles. The lowest BCUT2D eigenvalue weighted by molar-refractivity contribution is 0.0134. The van der Waals surface area contributed by atoms with Gasteiger partial charge in [-0.05, 0) is 43.9 Å². The van der Waals surface area contributed by atoms with E-state index in [1.54, 1.807) is 18.2 Å². The van der Waals surface area contributed by atoms with E-state index in [1.807, 2.05) is 6.07 Å². The molecule has 2 rings (SSSR count). The number of hydrogen-bond donors (Lipinski definition) is 2. The molecule has 4 heteroatoms. The highest BCUT2D eigenvalue weighted by Crippen LogP contribution is 2.16. The van der Waals surface area contributed by atoms with Crippen LogP contribution in [-0.2, 0) is 4.74 Å². The predicted molar refractivity (Wildman–Crippen MR) is 70.1 cm³/mol. The minimum Gasteiger partial charge on any atom is -0.478 e. The maximum Gasteiger partial charge on any atom is 0.335 e. The fourth-order valence-electron chi connectivity index (χ4n) is 2.17. The molecule has 98 valence electrons. The van der Waals surface area contributed by atoms with Crippen LogP contribution >= 0.6 is 0 Å². The van der Waals surface area contributed by atoms with Crippen LogP contribution in [-0.4, -0.2) is 30.3 Å². The van der Waals surface area contributed by atoms with Gasteiger partial charge in [0, 0.05) is 18.8 Å². The van der Waals surface area contributed by atoms with Crippen molar-refractivity contribution >= 4 is 11.7 Å². The van der Waals surface area contributed by atoms with Crippen LogP contribution in [0.2, 0.25) is 0 Å². The summed E-state index contributed by atoms with van der Waals surface area (Å²) in [6.07, 6.45) is 4.88. The maximum absolute atomic E-state index is 10.8. The molecule has 1 aliphatic heterocycles. The Kier molecular flexibility index (Phi) is 4.59. The molecule has 0 aromatic heterocycles. The molecule has 1 fully saturated rings. The van der Waals surface area contributed by atoms with Gasteiger partial charge in [0.2, 0.25) is 0 Å². The van der Waals surface area contributed by atoms with Crippen molar-refractivity contribution in [3.8, 4) is 0 Å². The van der Waals surface area contributed by atoms with Gasteiger partial charge < -0.3 is 15.2 Å². The highest BCUT2D eigenvalue weighted by Gasteiger charge is 2.13. The van der Waals surface area contributed by atoms with Crippen molar-refractivity contribution in [2.45, 2.75) is 31.8 Å². The largest absolute Gasteiger partial charge is 0.478 e. The molecule has 0 aliphatic carbocycles. The van der Waals surface area contributed by atoms with E-state index in [0.717, 1.165) is 31.7 Å². The standard InChI is InChI=1S/C14H19NO3/c16-14(17)11-4-3-5-12(10-11)15-8-7-13-6-1-2-9-18-13/h3-5,10,13,15H,1-2,6-9H2,(H,16,17). The van der Waals surface area contributed by atoms with E-state index >= 15 is 0 Å². The van der Waals surface area contributed by atoms with E-state index in [-0.39, 0.29) is 0 Å². The summed E-state index contributed by atoms with van der Waals surface area (Å²) in [5, 5.41) is 12.1. The van der Waals surface area contributed by atoms with Crippen LogP contribution in [0.4, 0.5) is 5.69 Å². The van der Waals surface area contributed by atoms with Gasteiger partial charge in [-0.2, -0.15) is 0 Å². The zero-order chi connectivity index (χ0) is 12.8. The van der Waals surface area contributed by atoms with Gasteiger partial charge in [-0.3, -0.25) is 0 Å². The van der Waals surface area contributed by atoms with E-state index in [9.17, 15) is 4.79 Å². The first-order valence-corrected chi connectivity index (χ1v) is 6.44. The van der Waals surface area contributed by atoms with Crippen molar-refractivity contribution in [3.05, 3.63) is 29.8 Å². The number of anilines is 1. The summed E-state index contributed by atoms with van der Waals surface area (Å²) in [6.45, 7) is 1.69. The van der Waals surface area contributed by atoms with Crippen LogP contribution in [0.3, 0.4) is 0 Å². The van der Waals surface area contributed by atoms with Gasteiger partial charge >= 0.3 is 5.97 Å². The number of carbonyl (C=O) groups is 1. The van der Waals surface area contributed by atoms with Crippen LogP contribution in [0.5, 0.6) is 0 Å². The highest BCUT2D eigenvalue weighted by atomic mass is 16.5. The van der Waals surface area contributed by atoms with Crippen LogP contribution in [0.1, 0.15) is 36.0 Å². The first kappa shape index (κ1) is 12.9. The molecule has 1 heterocycles. The van der Waals surface area contributed by atoms with E-state index < -0.39 is 5.97 Å². The number of ether oxygens (including phenoxy) is 1. The molecule has 1 aromatic carbocycles. The summed E-state index contributed by atoms with van der Waals surface area (Å²) in [6, 6.07) is 6.89. The zero-order valence-electron chi connectivity index (χ0n) is 10.4. The van der Waals surface area contributed by atoms with Gasteiger partial charge in [-0.25, -0.2) is 4.79 Å². The van der Waals surface area contributed by atoms with Crippen molar-refractivity contribution in [3.63, 3.8) is 0 Å². The smallest absolute Gasteiger partial charge is 0.335 e. The molecule has 0 bridgehead atoms. The van der Waals surface area contributed by atoms with Gasteiger partial charge in [0.15, 0.2) is 0 Å². The number of nitrogens with one attached hydrogen (secondary N) is 1. The number of benzene rings is 1. The third-order valence-electron chi connectivity index (χ3n) is 3.18. The van der Waals surface area contributed by atoms with Crippen molar-refractivity contribution in [2.75, 3.05) is 18.5 Å². The minimum atomic E-state index is -0.894. The molecule has 4 nitrogen and oxygen atoms in total. The Bertz CT molecular complexity index is 400. The Morgan fingerprint density at radius 3 is 3.06 bits per heavy atom. The fourth-order valence-corrected chi connectivity index (χ4v) is 2.17. The van der Waals surface area contributed by atoms with E-state index in [1.165, 1.54) is 12.8 Å². The Hall–Kier alpha value is -1.55. The second kappa shape index (κ2) is 6.40. The second-order valence-electron chi connectivity index (χ2n) is 4.59. The summed E-state index contributed by atoms with van der Waals surface area (Å²) in [4.78, 5) is 10.8. The van der Waals surface area contributed by atoms with E-state index in [4.69, 9.17) is 9.84 Å². The first-order chi connectivity index (χ1) is 8.75. The summed E-state index contributed by atoms with van der Waals surface area (Å²) in [7, 11) is 0. The van der Waals surface area contributed by atoms with Gasteiger partial charge in [0.25, 0.3) is 0 Å². The lowest BCUT2D eigenvalue weighted by atomic mass is 10.1. The second-order valence-corrected chi connectivity index (χ2v) is 4.59. The molecule has 0 amide bonds. The first-order valence-electron chi connectivity index (χ1n) is 6.44. The number of rotatable bonds is 5. The van der Waals surface area contributed by atoms with Gasteiger partial charge in [0.05, 0.1) is 11.7 Å². The van der Waals surface area contributed by atoms with Gasteiger partial charge in [-0.1, -0.05) is 6.07 Å². The van der Waals surface area contributed by atoms with Crippen molar-refractivity contribution in [1.82, 2.24) is 0 Å². The van der Waals surface area contributed by atoms with Gasteiger partial charge in [-0.15, -0.1) is 0 Å². The topological polar surface area (TPSA) is 58.6 Å². The molecule has 1 aliphatic rings. The third kappa shape index (κ3) is 3.74. The molecular weight excluding hydrogens is 230 g/mol. The molecule has 0 spiro atoms. The van der Waals surface area contributed by atoms with Crippen LogP contribution in [0, 0.1) is 0 Å². The predicted octanol–water partition coefficient (Wildman–Crippen LogP) is 2.76. The summed E-state index contributed by atoms with van der Waals surface area (Å²) in [5.74, 6) is -0.894. The molecule has 18 heavy (non-hydrogen) atoms. The van der Waals surface area contributed by atoms with Crippen molar-refractivity contribution in [1.29, 1.82) is 0 Å². The molecule has 1 atom stereocenters. The number of carboxylic acid groups (broad SMARTS) is 1. The molecular formula is C14H19NO3. The fraction of sp³-hybridized carbons (Fsp3) is 0.500. The lowest BCUT2D eigenvalue weighted by Gasteiger charge is -2.22. The quantitative estimate of drug-likeness (QED) is 0.842. The molecule has 0 saturated carbocycles. The SMILES string of the molecule is O=C(O)c1cccc(NCCC2CCCCO2)c1. The molecule has 1 aromatic rings. The van der Waals surface area contributed by atoms with E-state index in [0.29, 0.717) is 11.7 Å². The van der Waals surface area contributed by atoms with Crippen molar-refractivity contribution < 1.29 is 14.6 Å². The van der Waals surface area contributed by atoms with Crippen LogP contribution in [0.25, 0.3) is 0 Å². The van der Waals surface area contributed by atoms with E-state index in [2.05, 4.69) is 5.32 Å². The third-order valence-corrected chi connectivity index (χ3v) is 3.18. The lowest BCUT2D eigenvalue weighted by Crippen LogP contribution is -2.22. The molecule has 2 N–H and O–H groups in total.